The number of carbonyl (C=O) groups is 1. The molecule has 0 radical (unpaired) electrons. The Bertz CT molecular complexity index is 671. The van der Waals surface area contributed by atoms with Gasteiger partial charge in [-0.2, -0.15) is 0 Å². The van der Waals surface area contributed by atoms with Gasteiger partial charge in [0, 0.05) is 40.7 Å². The molecular weight excluding hydrogens is 372 g/mol. The van der Waals surface area contributed by atoms with E-state index < -0.39 is 0 Å². The van der Waals surface area contributed by atoms with Gasteiger partial charge < -0.3 is 10.6 Å². The molecule has 0 aliphatic carbocycles. The molecule has 2 aromatic rings. The highest BCUT2D eigenvalue weighted by atomic mass is 79.9. The van der Waals surface area contributed by atoms with Crippen molar-refractivity contribution in [1.29, 1.82) is 0 Å². The van der Waals surface area contributed by atoms with Gasteiger partial charge in [-0.25, -0.2) is 0 Å². The normalized spacial score (nSPS) is 14.3. The number of halogens is 1. The van der Waals surface area contributed by atoms with E-state index in [2.05, 4.69) is 38.7 Å². The minimum atomic E-state index is 0.0239. The van der Waals surface area contributed by atoms with Crippen LogP contribution in [-0.2, 0) is 5.75 Å². The van der Waals surface area contributed by atoms with Crippen molar-refractivity contribution in [2.45, 2.75) is 10.6 Å². The summed E-state index contributed by atoms with van der Waals surface area (Å²) >= 11 is 5.15. The van der Waals surface area contributed by atoms with Gasteiger partial charge in [0.05, 0.1) is 5.56 Å². The van der Waals surface area contributed by atoms with E-state index in [9.17, 15) is 4.79 Å². The molecular formula is C18H19BrN2OS. The fourth-order valence-corrected chi connectivity index (χ4v) is 3.62. The minimum absolute atomic E-state index is 0.0239. The molecule has 120 valence electrons. The molecule has 0 atom stereocenters. The zero-order valence-electron chi connectivity index (χ0n) is 12.7. The fraction of sp³-hybridized carbons (Fsp3) is 0.278. The van der Waals surface area contributed by atoms with Crippen LogP contribution in [0.5, 0.6) is 0 Å². The maximum absolute atomic E-state index is 12.4. The van der Waals surface area contributed by atoms with Crippen molar-refractivity contribution in [2.75, 3.05) is 19.6 Å². The Labute approximate surface area is 149 Å². The van der Waals surface area contributed by atoms with Crippen molar-refractivity contribution >= 4 is 33.6 Å². The topological polar surface area (TPSA) is 41.1 Å². The summed E-state index contributed by atoms with van der Waals surface area (Å²) in [4.78, 5) is 13.4. The lowest BCUT2D eigenvalue weighted by atomic mass is 10.0. The molecule has 2 aromatic carbocycles. The van der Waals surface area contributed by atoms with Crippen molar-refractivity contribution in [3.63, 3.8) is 0 Å². The predicted octanol–water partition coefficient (Wildman–Crippen LogP) is 3.69. The van der Waals surface area contributed by atoms with Gasteiger partial charge in [-0.1, -0.05) is 40.2 Å². The van der Waals surface area contributed by atoms with Crippen LogP contribution in [-0.4, -0.2) is 25.5 Å². The molecule has 1 fully saturated rings. The molecule has 0 spiro atoms. The molecule has 0 bridgehead atoms. The molecule has 1 saturated heterocycles. The summed E-state index contributed by atoms with van der Waals surface area (Å²) in [5.41, 5.74) is 2.01. The average molecular weight is 391 g/mol. The van der Waals surface area contributed by atoms with Crippen LogP contribution >= 0.6 is 27.7 Å². The van der Waals surface area contributed by atoms with Gasteiger partial charge in [-0.05, 0) is 29.8 Å². The Morgan fingerprint density at radius 2 is 1.91 bits per heavy atom. The number of hydrogen-bond donors (Lipinski definition) is 2. The first-order valence-corrected chi connectivity index (χ1v) is 9.45. The lowest BCUT2D eigenvalue weighted by Gasteiger charge is -2.27. The van der Waals surface area contributed by atoms with Gasteiger partial charge in [0.25, 0.3) is 5.91 Å². The molecule has 1 amide bonds. The summed E-state index contributed by atoms with van der Waals surface area (Å²) < 4.78 is 1.08. The number of hydrogen-bond acceptors (Lipinski definition) is 3. The molecule has 5 heteroatoms. The third-order valence-corrected chi connectivity index (χ3v) is 5.53. The third kappa shape index (κ3) is 4.59. The zero-order chi connectivity index (χ0) is 16.1. The van der Waals surface area contributed by atoms with Crippen LogP contribution in [0.1, 0.15) is 15.9 Å². The van der Waals surface area contributed by atoms with E-state index in [4.69, 9.17) is 0 Å². The third-order valence-electron chi connectivity index (χ3n) is 3.86. The number of benzene rings is 2. The van der Waals surface area contributed by atoms with Crippen molar-refractivity contribution in [3.05, 3.63) is 64.1 Å². The molecule has 2 N–H and O–H groups in total. The summed E-state index contributed by atoms with van der Waals surface area (Å²) in [6, 6.07) is 16.1. The first-order chi connectivity index (χ1) is 11.2. The Hall–Kier alpha value is -1.30. The van der Waals surface area contributed by atoms with Gasteiger partial charge in [0.1, 0.15) is 0 Å². The van der Waals surface area contributed by atoms with Crippen LogP contribution in [0.2, 0.25) is 0 Å². The summed E-state index contributed by atoms with van der Waals surface area (Å²) in [7, 11) is 0. The van der Waals surface area contributed by atoms with Crippen LogP contribution in [0.3, 0.4) is 0 Å². The summed E-state index contributed by atoms with van der Waals surface area (Å²) in [6.45, 7) is 2.75. The molecule has 0 saturated carbocycles. The number of nitrogens with one attached hydrogen (secondary N) is 2. The molecule has 0 aromatic heterocycles. The maximum atomic E-state index is 12.4. The zero-order valence-corrected chi connectivity index (χ0v) is 15.1. The maximum Gasteiger partial charge on any atom is 0.252 e. The van der Waals surface area contributed by atoms with Crippen LogP contribution < -0.4 is 10.6 Å². The summed E-state index contributed by atoms with van der Waals surface area (Å²) in [5, 5.41) is 6.27. The second kappa shape index (κ2) is 7.99. The van der Waals surface area contributed by atoms with Gasteiger partial charge in [0.15, 0.2) is 0 Å². The van der Waals surface area contributed by atoms with Crippen LogP contribution in [0.25, 0.3) is 0 Å². The van der Waals surface area contributed by atoms with E-state index in [1.807, 2.05) is 36.4 Å². The Kier molecular flexibility index (Phi) is 5.75. The summed E-state index contributed by atoms with van der Waals surface area (Å²) in [6.07, 6.45) is 0. The lowest BCUT2D eigenvalue weighted by molar-refractivity contribution is 0.0939. The molecule has 3 rings (SSSR count). The number of thioether (sulfide) groups is 1. The van der Waals surface area contributed by atoms with Crippen molar-refractivity contribution in [1.82, 2.24) is 10.6 Å². The highest BCUT2D eigenvalue weighted by molar-refractivity contribution is 9.10. The molecule has 3 nitrogen and oxygen atoms in total. The SMILES string of the molecule is O=C(NCC1CNC1)c1ccccc1SCc1ccc(Br)cc1. The first kappa shape index (κ1) is 16.6. The van der Waals surface area contributed by atoms with Crippen molar-refractivity contribution in [2.24, 2.45) is 5.92 Å². The van der Waals surface area contributed by atoms with Crippen molar-refractivity contribution < 1.29 is 4.79 Å². The van der Waals surface area contributed by atoms with E-state index in [0.29, 0.717) is 5.92 Å². The smallest absolute Gasteiger partial charge is 0.252 e. The van der Waals surface area contributed by atoms with Gasteiger partial charge in [-0.3, -0.25) is 4.79 Å². The Morgan fingerprint density at radius 3 is 2.61 bits per heavy atom. The molecule has 1 heterocycles. The summed E-state index contributed by atoms with van der Waals surface area (Å²) in [5.74, 6) is 1.45. The largest absolute Gasteiger partial charge is 0.352 e. The molecule has 1 aliphatic rings. The van der Waals surface area contributed by atoms with E-state index in [1.54, 1.807) is 11.8 Å². The predicted molar refractivity (Wildman–Crippen MR) is 98.8 cm³/mol. The molecule has 23 heavy (non-hydrogen) atoms. The van der Waals surface area contributed by atoms with Gasteiger partial charge in [-0.15, -0.1) is 11.8 Å². The van der Waals surface area contributed by atoms with E-state index in [0.717, 1.165) is 40.3 Å². The lowest BCUT2D eigenvalue weighted by Crippen LogP contribution is -2.48. The Morgan fingerprint density at radius 1 is 1.17 bits per heavy atom. The second-order valence-electron chi connectivity index (χ2n) is 5.65. The van der Waals surface area contributed by atoms with Crippen LogP contribution in [0.4, 0.5) is 0 Å². The monoisotopic (exact) mass is 390 g/mol. The number of carbonyl (C=O) groups excluding carboxylic acids is 1. The number of rotatable bonds is 6. The van der Waals surface area contributed by atoms with Crippen LogP contribution in [0.15, 0.2) is 57.9 Å². The first-order valence-electron chi connectivity index (χ1n) is 7.67. The highest BCUT2D eigenvalue weighted by Gasteiger charge is 2.18. The second-order valence-corrected chi connectivity index (χ2v) is 7.58. The number of amides is 1. The van der Waals surface area contributed by atoms with E-state index >= 15 is 0 Å². The quantitative estimate of drug-likeness (QED) is 0.738. The minimum Gasteiger partial charge on any atom is -0.352 e. The molecule has 0 unspecified atom stereocenters. The van der Waals surface area contributed by atoms with Crippen LogP contribution in [0, 0.1) is 5.92 Å². The van der Waals surface area contributed by atoms with E-state index in [1.165, 1.54) is 5.56 Å². The van der Waals surface area contributed by atoms with Gasteiger partial charge >= 0.3 is 0 Å². The highest BCUT2D eigenvalue weighted by Crippen LogP contribution is 2.27. The fourth-order valence-electron chi connectivity index (χ4n) is 2.35. The Balaban J connectivity index is 1.62. The van der Waals surface area contributed by atoms with Gasteiger partial charge in [0.2, 0.25) is 0 Å². The average Bonchev–Trinajstić information content (AvgIpc) is 2.53. The standard InChI is InChI=1S/C18H19BrN2OS/c19-15-7-5-13(6-8-15)12-23-17-4-2-1-3-16(17)18(22)21-11-14-9-20-10-14/h1-8,14,20H,9-12H2,(H,21,22). The van der Waals surface area contributed by atoms with Crippen molar-refractivity contribution in [3.8, 4) is 0 Å². The van der Waals surface area contributed by atoms with E-state index in [-0.39, 0.29) is 5.91 Å². The molecule has 1 aliphatic heterocycles.